The molecule has 2 heterocycles. The van der Waals surface area contributed by atoms with Crippen molar-refractivity contribution in [2.75, 3.05) is 31.2 Å². The predicted molar refractivity (Wildman–Crippen MR) is 79.9 cm³/mol. The highest BCUT2D eigenvalue weighted by Gasteiger charge is 2.16. The van der Waals surface area contributed by atoms with Gasteiger partial charge in [-0.2, -0.15) is 4.57 Å². The number of aromatic nitrogens is 1. The smallest absolute Gasteiger partial charge is 0.180 e. The maximum atomic E-state index is 5.39. The Kier molecular flexibility index (Phi) is 5.59. The minimum absolute atomic E-state index is 0. The molecule has 1 aromatic heterocycles. The van der Waals surface area contributed by atoms with Crippen LogP contribution in [0.2, 0.25) is 0 Å². The van der Waals surface area contributed by atoms with Crippen molar-refractivity contribution in [1.29, 1.82) is 0 Å². The molecule has 0 radical (unpaired) electrons. The second-order valence-corrected chi connectivity index (χ2v) is 5.19. The minimum atomic E-state index is 0. The van der Waals surface area contributed by atoms with Crippen molar-refractivity contribution in [2.24, 2.45) is 0 Å². The van der Waals surface area contributed by atoms with E-state index >= 15 is 0 Å². The molecule has 1 aliphatic rings. The van der Waals surface area contributed by atoms with Crippen LogP contribution in [0, 0.1) is 0 Å². The summed E-state index contributed by atoms with van der Waals surface area (Å²) in [5, 5.41) is 0. The van der Waals surface area contributed by atoms with Gasteiger partial charge in [-0.1, -0.05) is 30.3 Å². The minimum Gasteiger partial charge on any atom is -1.00 e. The highest BCUT2D eigenvalue weighted by Crippen LogP contribution is 2.15. The summed E-state index contributed by atoms with van der Waals surface area (Å²) in [5.74, 6) is 0. The van der Waals surface area contributed by atoms with Crippen LogP contribution in [-0.4, -0.2) is 26.3 Å². The number of ether oxygens (including phenoxy) is 1. The summed E-state index contributed by atoms with van der Waals surface area (Å²) in [6.07, 6.45) is 4.34. The number of benzene rings is 1. The van der Waals surface area contributed by atoms with E-state index in [0.717, 1.165) is 26.3 Å². The Balaban J connectivity index is 0.00000161. The van der Waals surface area contributed by atoms with Gasteiger partial charge in [0.1, 0.15) is 0 Å². The molecule has 0 bridgehead atoms. The maximum absolute atomic E-state index is 5.39. The van der Waals surface area contributed by atoms with Crippen LogP contribution in [0.4, 0.5) is 5.69 Å². The van der Waals surface area contributed by atoms with Crippen LogP contribution in [0.25, 0.3) is 0 Å². The highest BCUT2D eigenvalue weighted by molar-refractivity contribution is 5.44. The van der Waals surface area contributed by atoms with Gasteiger partial charge >= 0.3 is 0 Å². The topological polar surface area (TPSA) is 16.4 Å². The number of pyridine rings is 1. The molecule has 0 spiro atoms. The molecule has 0 amide bonds. The van der Waals surface area contributed by atoms with Gasteiger partial charge in [-0.05, 0) is 0 Å². The molecular weight excluding hydrogens is 284 g/mol. The predicted octanol–water partition coefficient (Wildman–Crippen LogP) is -0.576. The number of nitrogens with zero attached hydrogens (tertiary/aromatic N) is 2. The lowest BCUT2D eigenvalue weighted by Gasteiger charge is -2.28. The Morgan fingerprint density at radius 2 is 1.62 bits per heavy atom. The van der Waals surface area contributed by atoms with E-state index in [9.17, 15) is 0 Å². The SMILES string of the molecule is CC(c1ccccc1)[n+]1ccc(N2CCOCC2)cc1.[Cl-]. The van der Waals surface area contributed by atoms with Crippen molar-refractivity contribution in [1.82, 2.24) is 0 Å². The number of rotatable bonds is 3. The van der Waals surface area contributed by atoms with Gasteiger partial charge in [-0.3, -0.25) is 0 Å². The Labute approximate surface area is 132 Å². The molecule has 0 N–H and O–H groups in total. The van der Waals surface area contributed by atoms with Crippen LogP contribution >= 0.6 is 0 Å². The molecule has 1 aliphatic heterocycles. The first-order valence-corrected chi connectivity index (χ1v) is 7.23. The number of morpholine rings is 1. The normalized spacial score (nSPS) is 16.1. The molecular formula is C17H21ClN2O. The average molecular weight is 305 g/mol. The zero-order valence-electron chi connectivity index (χ0n) is 12.3. The first kappa shape index (κ1) is 15.8. The van der Waals surface area contributed by atoms with E-state index in [4.69, 9.17) is 4.74 Å². The summed E-state index contributed by atoms with van der Waals surface area (Å²) in [6, 6.07) is 15.3. The van der Waals surface area contributed by atoms with Crippen LogP contribution in [0.15, 0.2) is 54.9 Å². The number of hydrogen-bond donors (Lipinski definition) is 0. The zero-order chi connectivity index (χ0) is 13.8. The first-order chi connectivity index (χ1) is 9.84. The quantitative estimate of drug-likeness (QED) is 0.706. The molecule has 1 fully saturated rings. The number of hydrogen-bond acceptors (Lipinski definition) is 2. The largest absolute Gasteiger partial charge is 1.00 e. The zero-order valence-corrected chi connectivity index (χ0v) is 13.0. The lowest BCUT2D eigenvalue weighted by atomic mass is 10.1. The number of anilines is 1. The molecule has 3 rings (SSSR count). The van der Waals surface area contributed by atoms with Crippen LogP contribution in [0.5, 0.6) is 0 Å². The third kappa shape index (κ3) is 3.74. The van der Waals surface area contributed by atoms with E-state index in [1.54, 1.807) is 0 Å². The van der Waals surface area contributed by atoms with Crippen LogP contribution in [0.3, 0.4) is 0 Å². The fraction of sp³-hybridized carbons (Fsp3) is 0.353. The highest BCUT2D eigenvalue weighted by atomic mass is 35.5. The standard InChI is InChI=1S/C17H21N2O.ClH/c1-15(16-5-3-2-4-6-16)18-9-7-17(8-10-18)19-11-13-20-14-12-19;/h2-10,15H,11-14H2,1H3;1H/q+1;/p-1. The average Bonchev–Trinajstić information content (AvgIpc) is 2.56. The second-order valence-electron chi connectivity index (χ2n) is 5.19. The molecule has 2 aromatic rings. The van der Waals surface area contributed by atoms with Crippen molar-refractivity contribution in [3.8, 4) is 0 Å². The summed E-state index contributed by atoms with van der Waals surface area (Å²) in [4.78, 5) is 2.38. The fourth-order valence-electron chi connectivity index (χ4n) is 2.62. The van der Waals surface area contributed by atoms with Gasteiger partial charge in [0, 0.05) is 43.4 Å². The van der Waals surface area contributed by atoms with Crippen molar-refractivity contribution in [3.05, 3.63) is 60.4 Å². The fourth-order valence-corrected chi connectivity index (χ4v) is 2.62. The summed E-state index contributed by atoms with van der Waals surface area (Å²) in [6.45, 7) is 5.85. The van der Waals surface area contributed by atoms with Gasteiger partial charge in [0.25, 0.3) is 0 Å². The third-order valence-electron chi connectivity index (χ3n) is 3.94. The van der Waals surface area contributed by atoms with Crippen molar-refractivity contribution >= 4 is 5.69 Å². The molecule has 1 unspecified atom stereocenters. The van der Waals surface area contributed by atoms with Crippen molar-refractivity contribution in [2.45, 2.75) is 13.0 Å². The molecule has 21 heavy (non-hydrogen) atoms. The monoisotopic (exact) mass is 304 g/mol. The van der Waals surface area contributed by atoms with E-state index in [1.165, 1.54) is 11.3 Å². The molecule has 4 heteroatoms. The molecule has 1 aromatic carbocycles. The molecule has 112 valence electrons. The van der Waals surface area contributed by atoms with E-state index in [1.807, 2.05) is 0 Å². The van der Waals surface area contributed by atoms with Gasteiger partial charge in [-0.25, -0.2) is 0 Å². The van der Waals surface area contributed by atoms with Gasteiger partial charge in [-0.15, -0.1) is 0 Å². The van der Waals surface area contributed by atoms with Crippen LogP contribution in [-0.2, 0) is 4.74 Å². The molecule has 3 nitrogen and oxygen atoms in total. The molecule has 1 atom stereocenters. The summed E-state index contributed by atoms with van der Waals surface area (Å²) < 4.78 is 7.64. The molecule has 0 saturated carbocycles. The van der Waals surface area contributed by atoms with Gasteiger partial charge < -0.3 is 22.0 Å². The summed E-state index contributed by atoms with van der Waals surface area (Å²) in [5.41, 5.74) is 2.61. The first-order valence-electron chi connectivity index (χ1n) is 7.23. The maximum Gasteiger partial charge on any atom is 0.180 e. The van der Waals surface area contributed by atoms with Gasteiger partial charge in [0.2, 0.25) is 0 Å². The van der Waals surface area contributed by atoms with E-state index in [0.29, 0.717) is 6.04 Å². The molecule has 0 aliphatic carbocycles. The van der Waals surface area contributed by atoms with Gasteiger partial charge in [0.05, 0.1) is 13.2 Å². The molecule has 1 saturated heterocycles. The second kappa shape index (κ2) is 7.43. The Morgan fingerprint density at radius 3 is 2.24 bits per heavy atom. The van der Waals surface area contributed by atoms with Gasteiger partial charge in [0.15, 0.2) is 18.4 Å². The Morgan fingerprint density at radius 1 is 1.00 bits per heavy atom. The van der Waals surface area contributed by atoms with Crippen molar-refractivity contribution in [3.63, 3.8) is 0 Å². The Hall–Kier alpha value is -1.58. The van der Waals surface area contributed by atoms with Crippen LogP contribution < -0.4 is 21.9 Å². The van der Waals surface area contributed by atoms with E-state index < -0.39 is 0 Å². The van der Waals surface area contributed by atoms with Crippen LogP contribution in [0.1, 0.15) is 18.5 Å². The van der Waals surface area contributed by atoms with E-state index in [2.05, 4.69) is 71.2 Å². The lowest BCUT2D eigenvalue weighted by Crippen LogP contribution is -3.00. The third-order valence-corrected chi connectivity index (χ3v) is 3.94. The summed E-state index contributed by atoms with van der Waals surface area (Å²) >= 11 is 0. The van der Waals surface area contributed by atoms with Crippen molar-refractivity contribution < 1.29 is 21.7 Å². The Bertz CT molecular complexity index is 538. The number of halogens is 1. The summed E-state index contributed by atoms with van der Waals surface area (Å²) in [7, 11) is 0. The lowest BCUT2D eigenvalue weighted by molar-refractivity contribution is -0.710. The van der Waals surface area contributed by atoms with E-state index in [-0.39, 0.29) is 12.4 Å².